The van der Waals surface area contributed by atoms with Crippen molar-refractivity contribution in [2.45, 2.75) is 39.2 Å². The van der Waals surface area contributed by atoms with Crippen LogP contribution in [0.3, 0.4) is 0 Å². The van der Waals surface area contributed by atoms with Crippen LogP contribution in [0.15, 0.2) is 30.5 Å². The number of rotatable bonds is 10. The SMILES string of the molecule is CCNCCCCCCNCc1ccnc2cc(Cl)ccc12. The van der Waals surface area contributed by atoms with Crippen molar-refractivity contribution in [1.29, 1.82) is 0 Å². The first-order valence-corrected chi connectivity index (χ1v) is 8.63. The number of unbranched alkanes of at least 4 members (excludes halogenated alkanes) is 3. The number of fused-ring (bicyclic) bond motifs is 1. The van der Waals surface area contributed by atoms with Gasteiger partial charge in [-0.05, 0) is 56.2 Å². The van der Waals surface area contributed by atoms with Crippen molar-refractivity contribution in [1.82, 2.24) is 15.6 Å². The molecule has 0 radical (unpaired) electrons. The molecule has 0 amide bonds. The molecule has 2 N–H and O–H groups in total. The van der Waals surface area contributed by atoms with Crippen LogP contribution in [-0.4, -0.2) is 24.6 Å². The molecule has 0 unspecified atom stereocenters. The molecule has 0 bridgehead atoms. The average molecular weight is 320 g/mol. The molecule has 0 saturated carbocycles. The Morgan fingerprint density at radius 3 is 2.55 bits per heavy atom. The number of nitrogens with one attached hydrogen (secondary N) is 2. The number of nitrogens with zero attached hydrogens (tertiary/aromatic N) is 1. The lowest BCUT2D eigenvalue weighted by Gasteiger charge is -2.08. The van der Waals surface area contributed by atoms with Crippen molar-refractivity contribution in [3.8, 4) is 0 Å². The Balaban J connectivity index is 1.69. The first-order valence-electron chi connectivity index (χ1n) is 8.26. The van der Waals surface area contributed by atoms with E-state index in [0.29, 0.717) is 0 Å². The second-order valence-corrected chi connectivity index (χ2v) is 6.01. The number of aromatic nitrogens is 1. The maximum absolute atomic E-state index is 6.02. The molecule has 120 valence electrons. The highest BCUT2D eigenvalue weighted by Crippen LogP contribution is 2.20. The maximum atomic E-state index is 6.02. The van der Waals surface area contributed by atoms with Gasteiger partial charge in [0.05, 0.1) is 5.52 Å². The summed E-state index contributed by atoms with van der Waals surface area (Å²) in [5.41, 5.74) is 2.25. The maximum Gasteiger partial charge on any atom is 0.0720 e. The minimum absolute atomic E-state index is 0.739. The fourth-order valence-corrected chi connectivity index (χ4v) is 2.75. The molecule has 0 aliphatic heterocycles. The molecule has 1 aromatic carbocycles. The molecule has 2 rings (SSSR count). The van der Waals surface area contributed by atoms with Crippen LogP contribution in [0.5, 0.6) is 0 Å². The number of halogens is 1. The number of hydrogen-bond acceptors (Lipinski definition) is 3. The average Bonchev–Trinajstić information content (AvgIpc) is 2.53. The Bertz CT molecular complexity index is 571. The number of pyridine rings is 1. The first-order chi connectivity index (χ1) is 10.8. The van der Waals surface area contributed by atoms with Crippen molar-refractivity contribution in [2.75, 3.05) is 19.6 Å². The topological polar surface area (TPSA) is 37.0 Å². The van der Waals surface area contributed by atoms with Gasteiger partial charge in [-0.2, -0.15) is 0 Å². The third kappa shape index (κ3) is 5.56. The van der Waals surface area contributed by atoms with E-state index in [1.54, 1.807) is 0 Å². The zero-order valence-corrected chi connectivity index (χ0v) is 14.1. The Labute approximate surface area is 138 Å². The Morgan fingerprint density at radius 1 is 1.00 bits per heavy atom. The van der Waals surface area contributed by atoms with Crippen LogP contribution in [-0.2, 0) is 6.54 Å². The number of benzene rings is 1. The van der Waals surface area contributed by atoms with Gasteiger partial charge in [-0.15, -0.1) is 0 Å². The molecule has 1 aromatic heterocycles. The summed E-state index contributed by atoms with van der Waals surface area (Å²) in [5.74, 6) is 0. The third-order valence-corrected chi connectivity index (χ3v) is 4.05. The lowest BCUT2D eigenvalue weighted by molar-refractivity contribution is 0.569. The van der Waals surface area contributed by atoms with E-state index >= 15 is 0 Å². The van der Waals surface area contributed by atoms with Gasteiger partial charge >= 0.3 is 0 Å². The summed E-state index contributed by atoms with van der Waals surface area (Å²) in [6.07, 6.45) is 6.98. The van der Waals surface area contributed by atoms with Crippen LogP contribution >= 0.6 is 11.6 Å². The Hall–Kier alpha value is -1.16. The second-order valence-electron chi connectivity index (χ2n) is 5.58. The minimum atomic E-state index is 0.739. The molecule has 0 aliphatic rings. The van der Waals surface area contributed by atoms with E-state index in [9.17, 15) is 0 Å². The summed E-state index contributed by atoms with van der Waals surface area (Å²) < 4.78 is 0. The standard InChI is InChI=1S/C18H26ClN3/c1-2-20-10-5-3-4-6-11-21-14-15-9-12-22-18-13-16(19)7-8-17(15)18/h7-9,12-13,20-21H,2-6,10-11,14H2,1H3. The van der Waals surface area contributed by atoms with Gasteiger partial charge < -0.3 is 10.6 Å². The molecule has 0 fully saturated rings. The van der Waals surface area contributed by atoms with E-state index in [1.165, 1.54) is 36.6 Å². The van der Waals surface area contributed by atoms with Crippen LogP contribution in [0.25, 0.3) is 10.9 Å². The van der Waals surface area contributed by atoms with E-state index in [4.69, 9.17) is 11.6 Å². The van der Waals surface area contributed by atoms with Gasteiger partial charge in [0, 0.05) is 23.2 Å². The van der Waals surface area contributed by atoms with Crippen molar-refractivity contribution < 1.29 is 0 Å². The van der Waals surface area contributed by atoms with E-state index in [-0.39, 0.29) is 0 Å². The van der Waals surface area contributed by atoms with E-state index in [1.807, 2.05) is 18.3 Å². The molecule has 2 aromatic rings. The lowest BCUT2D eigenvalue weighted by Crippen LogP contribution is -2.16. The fraction of sp³-hybridized carbons (Fsp3) is 0.500. The van der Waals surface area contributed by atoms with Gasteiger partial charge in [0.25, 0.3) is 0 Å². The predicted molar refractivity (Wildman–Crippen MR) is 95.5 cm³/mol. The molecule has 4 heteroatoms. The second kappa shape index (κ2) is 9.78. The van der Waals surface area contributed by atoms with Crippen LogP contribution in [0.4, 0.5) is 0 Å². The largest absolute Gasteiger partial charge is 0.317 e. The predicted octanol–water partition coefficient (Wildman–Crippen LogP) is 4.15. The lowest BCUT2D eigenvalue weighted by atomic mass is 10.1. The smallest absolute Gasteiger partial charge is 0.0720 e. The molecule has 22 heavy (non-hydrogen) atoms. The van der Waals surface area contributed by atoms with Crippen LogP contribution in [0.1, 0.15) is 38.2 Å². The van der Waals surface area contributed by atoms with E-state index in [0.717, 1.165) is 36.7 Å². The van der Waals surface area contributed by atoms with Crippen molar-refractivity contribution in [3.05, 3.63) is 41.0 Å². The van der Waals surface area contributed by atoms with Crippen LogP contribution in [0, 0.1) is 0 Å². The van der Waals surface area contributed by atoms with E-state index in [2.05, 4.69) is 34.7 Å². The summed E-state index contributed by atoms with van der Waals surface area (Å²) in [4.78, 5) is 4.38. The monoisotopic (exact) mass is 319 g/mol. The van der Waals surface area contributed by atoms with E-state index < -0.39 is 0 Å². The van der Waals surface area contributed by atoms with Gasteiger partial charge in [-0.1, -0.05) is 37.4 Å². The highest BCUT2D eigenvalue weighted by Gasteiger charge is 2.02. The molecule has 0 aliphatic carbocycles. The van der Waals surface area contributed by atoms with Crippen LogP contribution in [0.2, 0.25) is 5.02 Å². The van der Waals surface area contributed by atoms with Gasteiger partial charge in [-0.3, -0.25) is 4.98 Å². The quantitative estimate of drug-likeness (QED) is 0.646. The van der Waals surface area contributed by atoms with Gasteiger partial charge in [0.2, 0.25) is 0 Å². The first kappa shape index (κ1) is 17.2. The molecule has 1 heterocycles. The Morgan fingerprint density at radius 2 is 1.77 bits per heavy atom. The third-order valence-electron chi connectivity index (χ3n) is 3.82. The van der Waals surface area contributed by atoms with Gasteiger partial charge in [0.1, 0.15) is 0 Å². The molecular weight excluding hydrogens is 294 g/mol. The summed E-state index contributed by atoms with van der Waals surface area (Å²) in [6, 6.07) is 7.99. The Kier molecular flexibility index (Phi) is 7.64. The van der Waals surface area contributed by atoms with Gasteiger partial charge in [0.15, 0.2) is 0 Å². The van der Waals surface area contributed by atoms with Crippen molar-refractivity contribution in [2.24, 2.45) is 0 Å². The molecule has 0 saturated heterocycles. The van der Waals surface area contributed by atoms with Gasteiger partial charge in [-0.25, -0.2) is 0 Å². The highest BCUT2D eigenvalue weighted by atomic mass is 35.5. The van der Waals surface area contributed by atoms with Crippen molar-refractivity contribution >= 4 is 22.5 Å². The number of hydrogen-bond donors (Lipinski definition) is 2. The molecular formula is C18H26ClN3. The molecule has 3 nitrogen and oxygen atoms in total. The fourth-order valence-electron chi connectivity index (χ4n) is 2.59. The minimum Gasteiger partial charge on any atom is -0.317 e. The van der Waals surface area contributed by atoms with Crippen molar-refractivity contribution in [3.63, 3.8) is 0 Å². The summed E-state index contributed by atoms with van der Waals surface area (Å²) in [6.45, 7) is 6.33. The summed E-state index contributed by atoms with van der Waals surface area (Å²) >= 11 is 6.02. The highest BCUT2D eigenvalue weighted by molar-refractivity contribution is 6.31. The summed E-state index contributed by atoms with van der Waals surface area (Å²) in [5, 5.41) is 8.82. The zero-order chi connectivity index (χ0) is 15.6. The summed E-state index contributed by atoms with van der Waals surface area (Å²) in [7, 11) is 0. The molecule has 0 atom stereocenters. The zero-order valence-electron chi connectivity index (χ0n) is 13.4. The normalized spacial score (nSPS) is 11.2. The van der Waals surface area contributed by atoms with Crippen LogP contribution < -0.4 is 10.6 Å². The molecule has 0 spiro atoms.